The van der Waals surface area contributed by atoms with Gasteiger partial charge in [0, 0.05) is 82.4 Å². The lowest BCUT2D eigenvalue weighted by atomic mass is 9.71. The van der Waals surface area contributed by atoms with Crippen LogP contribution in [0.25, 0.3) is 0 Å². The minimum Gasteiger partial charge on any atom is -0.325 e. The van der Waals surface area contributed by atoms with Gasteiger partial charge in [-0.05, 0) is 123 Å². The Kier molecular flexibility index (Phi) is 10.1. The minimum absolute atomic E-state index is 0.184. The molecule has 4 aliphatic rings. The van der Waals surface area contributed by atoms with Crippen LogP contribution in [-0.2, 0) is 12.0 Å². The fourth-order valence-corrected chi connectivity index (χ4v) is 8.75. The summed E-state index contributed by atoms with van der Waals surface area (Å²) in [5, 5.41) is 0. The lowest BCUT2D eigenvalue weighted by Crippen LogP contribution is -2.52. The van der Waals surface area contributed by atoms with Gasteiger partial charge in [0.25, 0.3) is 0 Å². The molecule has 1 aromatic rings. The van der Waals surface area contributed by atoms with Crippen LogP contribution in [-0.4, -0.2) is 133 Å². The van der Waals surface area contributed by atoms with Crippen LogP contribution >= 0.6 is 0 Å². The van der Waals surface area contributed by atoms with Gasteiger partial charge in [-0.25, -0.2) is 4.79 Å². The Hall–Kier alpha value is -1.67. The SMILES string of the molecule is CN(C)CC1(c2ccc(CN(C)C(=O)N3CCC(CN4C[C@@H]5CN(C(C)(C)C)C[C@@H]5C4)CC3)cc2)CCN(C(C)(C)C)CC1. The van der Waals surface area contributed by atoms with Gasteiger partial charge in [-0.2, -0.15) is 0 Å². The molecule has 1 aromatic carbocycles. The van der Waals surface area contributed by atoms with Crippen molar-refractivity contribution in [3.8, 4) is 0 Å². The highest BCUT2D eigenvalue weighted by molar-refractivity contribution is 5.74. The smallest absolute Gasteiger partial charge is 0.320 e. The fourth-order valence-electron chi connectivity index (χ4n) is 8.75. The summed E-state index contributed by atoms with van der Waals surface area (Å²) in [4.78, 5) is 27.9. The van der Waals surface area contributed by atoms with Crippen molar-refractivity contribution >= 4 is 6.03 Å². The first-order valence-electron chi connectivity index (χ1n) is 17.6. The van der Waals surface area contributed by atoms with Gasteiger partial charge in [0.2, 0.25) is 0 Å². The van der Waals surface area contributed by atoms with Gasteiger partial charge in [0.15, 0.2) is 0 Å². The van der Waals surface area contributed by atoms with Crippen molar-refractivity contribution in [3.05, 3.63) is 35.4 Å². The molecule has 5 rings (SSSR count). The molecule has 0 saturated carbocycles. The van der Waals surface area contributed by atoms with E-state index >= 15 is 0 Å². The molecule has 7 nitrogen and oxygen atoms in total. The molecule has 4 fully saturated rings. The zero-order valence-corrected chi connectivity index (χ0v) is 29.7. The van der Waals surface area contributed by atoms with Gasteiger partial charge in [-0.1, -0.05) is 24.3 Å². The summed E-state index contributed by atoms with van der Waals surface area (Å²) in [5.41, 5.74) is 3.38. The van der Waals surface area contributed by atoms with Crippen LogP contribution in [0, 0.1) is 17.8 Å². The molecule has 0 spiro atoms. The molecular weight excluding hydrogens is 544 g/mol. The molecule has 44 heavy (non-hydrogen) atoms. The van der Waals surface area contributed by atoms with Gasteiger partial charge in [0.1, 0.15) is 0 Å². The number of likely N-dealkylation sites (tertiary alicyclic amines) is 4. The van der Waals surface area contributed by atoms with Crippen molar-refractivity contribution in [1.82, 2.24) is 29.4 Å². The molecule has 0 bridgehead atoms. The Morgan fingerprint density at radius 3 is 1.84 bits per heavy atom. The van der Waals surface area contributed by atoms with E-state index in [1.165, 1.54) is 56.7 Å². The second-order valence-corrected chi connectivity index (χ2v) is 17.3. The van der Waals surface area contributed by atoms with Gasteiger partial charge in [-0.15, -0.1) is 0 Å². The van der Waals surface area contributed by atoms with E-state index in [-0.39, 0.29) is 17.0 Å². The van der Waals surface area contributed by atoms with E-state index < -0.39 is 0 Å². The summed E-state index contributed by atoms with van der Waals surface area (Å²) in [6.07, 6.45) is 4.64. The summed E-state index contributed by atoms with van der Waals surface area (Å²) in [5.74, 6) is 2.41. The molecule has 2 amide bonds. The van der Waals surface area contributed by atoms with Crippen LogP contribution < -0.4 is 0 Å². The van der Waals surface area contributed by atoms with Crippen molar-refractivity contribution in [3.63, 3.8) is 0 Å². The van der Waals surface area contributed by atoms with E-state index in [2.05, 4.69) is 104 Å². The number of hydrogen-bond donors (Lipinski definition) is 0. The lowest BCUT2D eigenvalue weighted by Gasteiger charge is -2.48. The number of piperidine rings is 2. The Balaban J connectivity index is 1.08. The van der Waals surface area contributed by atoms with E-state index in [1.807, 2.05) is 11.9 Å². The number of hydrogen-bond acceptors (Lipinski definition) is 5. The first-order chi connectivity index (χ1) is 20.6. The van der Waals surface area contributed by atoms with Crippen molar-refractivity contribution in [1.29, 1.82) is 0 Å². The predicted octanol–water partition coefficient (Wildman–Crippen LogP) is 5.31. The normalized spacial score (nSPS) is 26.0. The van der Waals surface area contributed by atoms with Crippen molar-refractivity contribution in [2.24, 2.45) is 17.8 Å². The van der Waals surface area contributed by atoms with Crippen LogP contribution in [0.4, 0.5) is 4.79 Å². The number of rotatable bonds is 7. The lowest BCUT2D eigenvalue weighted by molar-refractivity contribution is 0.0643. The van der Waals surface area contributed by atoms with E-state index in [0.29, 0.717) is 12.1 Å². The summed E-state index contributed by atoms with van der Waals surface area (Å²) in [7, 11) is 6.38. The van der Waals surface area contributed by atoms with Crippen molar-refractivity contribution in [2.45, 2.75) is 90.3 Å². The third kappa shape index (κ3) is 7.82. The maximum atomic E-state index is 13.4. The molecule has 4 heterocycles. The van der Waals surface area contributed by atoms with Gasteiger partial charge < -0.3 is 19.6 Å². The van der Waals surface area contributed by atoms with Gasteiger partial charge in [-0.3, -0.25) is 9.80 Å². The second kappa shape index (κ2) is 13.2. The van der Waals surface area contributed by atoms with Crippen LogP contribution in [0.15, 0.2) is 24.3 Å². The molecule has 0 aliphatic carbocycles. The fraction of sp³-hybridized carbons (Fsp3) is 0.811. The Morgan fingerprint density at radius 1 is 0.795 bits per heavy atom. The van der Waals surface area contributed by atoms with Crippen LogP contribution in [0.2, 0.25) is 0 Å². The first-order valence-corrected chi connectivity index (χ1v) is 17.6. The molecule has 2 atom stereocenters. The number of likely N-dealkylation sites (N-methyl/N-ethyl adjacent to an activating group) is 1. The third-order valence-corrected chi connectivity index (χ3v) is 11.5. The summed E-state index contributed by atoms with van der Waals surface area (Å²) < 4.78 is 0. The molecule has 0 N–H and O–H groups in total. The molecule has 0 aromatic heterocycles. The van der Waals surface area contributed by atoms with Gasteiger partial charge >= 0.3 is 6.03 Å². The third-order valence-electron chi connectivity index (χ3n) is 11.5. The maximum absolute atomic E-state index is 13.4. The summed E-state index contributed by atoms with van der Waals surface area (Å²) >= 11 is 0. The maximum Gasteiger partial charge on any atom is 0.320 e. The Labute approximate surface area is 269 Å². The predicted molar refractivity (Wildman–Crippen MR) is 183 cm³/mol. The summed E-state index contributed by atoms with van der Waals surface area (Å²) in [6, 6.07) is 9.42. The molecule has 7 heteroatoms. The monoisotopic (exact) mass is 609 g/mol. The number of carbonyl (C=O) groups is 1. The molecule has 248 valence electrons. The number of fused-ring (bicyclic) bond motifs is 1. The van der Waals surface area contributed by atoms with E-state index in [4.69, 9.17) is 0 Å². The number of nitrogens with zero attached hydrogens (tertiary/aromatic N) is 6. The van der Waals surface area contributed by atoms with Gasteiger partial charge in [0.05, 0.1) is 0 Å². The van der Waals surface area contributed by atoms with Crippen LogP contribution in [0.1, 0.15) is 78.4 Å². The molecule has 4 aliphatic heterocycles. The highest BCUT2D eigenvalue weighted by Gasteiger charge is 2.43. The second-order valence-electron chi connectivity index (χ2n) is 17.3. The van der Waals surface area contributed by atoms with Crippen molar-refractivity contribution < 1.29 is 4.79 Å². The number of benzene rings is 1. The zero-order chi connectivity index (χ0) is 31.9. The highest BCUT2D eigenvalue weighted by atomic mass is 16.2. The van der Waals surface area contributed by atoms with Crippen molar-refractivity contribution in [2.75, 3.05) is 86.6 Å². The topological polar surface area (TPSA) is 36.5 Å². The number of urea groups is 1. The quantitative estimate of drug-likeness (QED) is 0.420. The number of amides is 2. The first kappa shape index (κ1) is 33.7. The molecular formula is C37H64N6O. The van der Waals surface area contributed by atoms with Crippen LogP contribution in [0.5, 0.6) is 0 Å². The molecule has 4 saturated heterocycles. The average molecular weight is 609 g/mol. The Bertz CT molecular complexity index is 1070. The number of carbonyl (C=O) groups excluding carboxylic acids is 1. The van der Waals surface area contributed by atoms with E-state index in [1.54, 1.807) is 0 Å². The average Bonchev–Trinajstić information content (AvgIpc) is 3.52. The summed E-state index contributed by atoms with van der Waals surface area (Å²) in [6.45, 7) is 26.2. The Morgan fingerprint density at radius 2 is 1.34 bits per heavy atom. The zero-order valence-electron chi connectivity index (χ0n) is 29.7. The minimum atomic E-state index is 0.184. The molecule has 0 radical (unpaired) electrons. The molecule has 0 unspecified atom stereocenters. The standard InChI is InChI=1S/C37H64N6O/c1-35(2,3)42-20-16-37(17-21-42,28-38(7)8)33-12-10-29(11-13-33)22-39(9)34(44)41-18-14-30(15-19-41)23-40-24-31-26-43(36(4,5)6)27-32(31)25-40/h10-13,30-32H,14-28H2,1-9H3/t31-,32+. The van der Waals surface area contributed by atoms with Crippen LogP contribution in [0.3, 0.4) is 0 Å². The highest BCUT2D eigenvalue weighted by Crippen LogP contribution is 2.39. The van der Waals surface area contributed by atoms with E-state index in [9.17, 15) is 4.79 Å². The van der Waals surface area contributed by atoms with E-state index in [0.717, 1.165) is 63.3 Å². The largest absolute Gasteiger partial charge is 0.325 e.